The van der Waals surface area contributed by atoms with Gasteiger partial charge in [0, 0.05) is 32.0 Å². The Balaban J connectivity index is 3.17. The van der Waals surface area contributed by atoms with Crippen molar-refractivity contribution < 1.29 is 28.2 Å². The second-order valence-electron chi connectivity index (χ2n) is 4.78. The topological polar surface area (TPSA) is 120 Å². The molecular weight excluding hydrogens is 300 g/mol. The molecule has 120 valence electrons. The fourth-order valence-electron chi connectivity index (χ4n) is 2.13. The molecule has 3 N–H and O–H groups in total. The largest absolute Gasteiger partial charge is 0.477 e. The number of aliphatic hydroxyl groups is 1. The van der Waals surface area contributed by atoms with Crippen molar-refractivity contribution in [3.05, 3.63) is 17.0 Å². The quantitative estimate of drug-likeness (QED) is 0.648. The molecule has 0 saturated heterocycles. The Hall–Kier alpha value is -1.42. The van der Waals surface area contributed by atoms with E-state index in [1.54, 1.807) is 0 Å². The number of sulfonamides is 1. The molecule has 1 rings (SSSR count). The van der Waals surface area contributed by atoms with Crippen LogP contribution in [0, 0.1) is 13.8 Å². The monoisotopic (exact) mass is 320 g/mol. The number of nitrogens with zero attached hydrogens (tertiary/aromatic N) is 1. The maximum Gasteiger partial charge on any atom is 0.352 e. The van der Waals surface area contributed by atoms with Crippen LogP contribution < -0.4 is 0 Å². The predicted octanol–water partition coefficient (Wildman–Crippen LogP) is -0.0425. The van der Waals surface area contributed by atoms with Gasteiger partial charge in [0.2, 0.25) is 10.0 Å². The van der Waals surface area contributed by atoms with Crippen LogP contribution in [-0.4, -0.2) is 67.3 Å². The fourth-order valence-corrected chi connectivity index (χ4v) is 3.74. The lowest BCUT2D eigenvalue weighted by atomic mass is 10.2. The summed E-state index contributed by atoms with van der Waals surface area (Å²) in [5, 5.41) is 18.7. The average Bonchev–Trinajstić information content (AvgIpc) is 2.65. The molecule has 1 atom stereocenters. The number of aryl methyl sites for hydroxylation is 1. The van der Waals surface area contributed by atoms with Crippen LogP contribution in [0.4, 0.5) is 0 Å². The normalized spacial score (nSPS) is 13.6. The van der Waals surface area contributed by atoms with Gasteiger partial charge in [-0.1, -0.05) is 0 Å². The molecule has 0 fully saturated rings. The lowest BCUT2D eigenvalue weighted by Gasteiger charge is -2.20. The number of carboxylic acid groups (broad SMARTS) is 1. The van der Waals surface area contributed by atoms with E-state index in [-0.39, 0.29) is 35.0 Å². The number of aliphatic hydroxyl groups excluding tert-OH is 1. The zero-order chi connectivity index (χ0) is 16.4. The van der Waals surface area contributed by atoms with Gasteiger partial charge < -0.3 is 19.9 Å². The first-order chi connectivity index (χ1) is 9.62. The van der Waals surface area contributed by atoms with E-state index >= 15 is 0 Å². The first-order valence-corrected chi connectivity index (χ1v) is 7.62. The maximum absolute atomic E-state index is 12.5. The molecule has 8 nitrogen and oxygen atoms in total. The second kappa shape index (κ2) is 6.56. The molecule has 0 bridgehead atoms. The number of ether oxygens (including phenoxy) is 1. The van der Waals surface area contributed by atoms with E-state index in [0.29, 0.717) is 0 Å². The number of aromatic nitrogens is 1. The summed E-state index contributed by atoms with van der Waals surface area (Å²) in [6.45, 7) is 2.78. The number of aromatic amines is 1. The number of hydrogen-bond donors (Lipinski definition) is 3. The summed E-state index contributed by atoms with van der Waals surface area (Å²) in [5.41, 5.74) is 0.239. The van der Waals surface area contributed by atoms with Crippen LogP contribution in [0.3, 0.4) is 0 Å². The van der Waals surface area contributed by atoms with E-state index in [9.17, 15) is 18.3 Å². The molecule has 0 aromatic carbocycles. The Morgan fingerprint density at radius 1 is 1.43 bits per heavy atom. The van der Waals surface area contributed by atoms with Gasteiger partial charge in [-0.2, -0.15) is 4.31 Å². The van der Waals surface area contributed by atoms with Crippen molar-refractivity contribution in [1.82, 2.24) is 9.29 Å². The van der Waals surface area contributed by atoms with E-state index in [1.165, 1.54) is 28.0 Å². The second-order valence-corrected chi connectivity index (χ2v) is 6.76. The summed E-state index contributed by atoms with van der Waals surface area (Å²) in [5.74, 6) is -1.22. The third-order valence-electron chi connectivity index (χ3n) is 3.08. The number of nitrogens with one attached hydrogen (secondary N) is 1. The molecule has 0 aliphatic rings. The number of carboxylic acids is 1. The summed E-state index contributed by atoms with van der Waals surface area (Å²) in [4.78, 5) is 13.5. The number of carbonyl (C=O) groups is 1. The molecule has 21 heavy (non-hydrogen) atoms. The zero-order valence-electron chi connectivity index (χ0n) is 12.4. The van der Waals surface area contributed by atoms with Crippen molar-refractivity contribution in [3.8, 4) is 0 Å². The van der Waals surface area contributed by atoms with Gasteiger partial charge in [0.1, 0.15) is 10.6 Å². The highest BCUT2D eigenvalue weighted by atomic mass is 32.2. The minimum Gasteiger partial charge on any atom is -0.477 e. The molecule has 0 aliphatic carbocycles. The number of likely N-dealkylation sites (N-methyl/N-ethyl adjacent to an activating group) is 1. The van der Waals surface area contributed by atoms with Crippen LogP contribution in [0.15, 0.2) is 4.90 Å². The van der Waals surface area contributed by atoms with Crippen molar-refractivity contribution >= 4 is 16.0 Å². The summed E-state index contributed by atoms with van der Waals surface area (Å²) in [7, 11) is -1.18. The van der Waals surface area contributed by atoms with E-state index < -0.39 is 22.1 Å². The molecule has 0 spiro atoms. The highest BCUT2D eigenvalue weighted by Crippen LogP contribution is 2.25. The van der Waals surface area contributed by atoms with Gasteiger partial charge in [0.05, 0.1) is 12.7 Å². The van der Waals surface area contributed by atoms with Crippen LogP contribution in [-0.2, 0) is 14.8 Å². The van der Waals surface area contributed by atoms with E-state index in [1.807, 2.05) is 0 Å². The van der Waals surface area contributed by atoms with Gasteiger partial charge in [-0.25, -0.2) is 13.2 Å². The first kappa shape index (κ1) is 17.6. The Kier molecular flexibility index (Phi) is 5.51. The summed E-state index contributed by atoms with van der Waals surface area (Å²) < 4.78 is 30.7. The van der Waals surface area contributed by atoms with Crippen molar-refractivity contribution in [2.75, 3.05) is 27.3 Å². The molecular formula is C12H20N2O6S. The predicted molar refractivity (Wildman–Crippen MR) is 74.9 cm³/mol. The lowest BCUT2D eigenvalue weighted by molar-refractivity contribution is 0.0554. The van der Waals surface area contributed by atoms with E-state index in [0.717, 1.165) is 4.31 Å². The number of methoxy groups -OCH3 is 1. The van der Waals surface area contributed by atoms with Crippen molar-refractivity contribution in [3.63, 3.8) is 0 Å². The third-order valence-corrected chi connectivity index (χ3v) is 5.18. The van der Waals surface area contributed by atoms with Gasteiger partial charge in [0.15, 0.2) is 0 Å². The van der Waals surface area contributed by atoms with Gasteiger partial charge in [-0.05, 0) is 13.8 Å². The van der Waals surface area contributed by atoms with Crippen molar-refractivity contribution in [2.24, 2.45) is 0 Å². The smallest absolute Gasteiger partial charge is 0.352 e. The summed E-state index contributed by atoms with van der Waals surface area (Å²) in [6.07, 6.45) is -0.965. The van der Waals surface area contributed by atoms with Crippen molar-refractivity contribution in [2.45, 2.75) is 24.8 Å². The molecule has 1 unspecified atom stereocenters. The molecule has 0 aliphatic heterocycles. The SMILES string of the molecule is COCC(O)CN(C)S(=O)(=O)c1c(C)[nH]c(C(=O)O)c1C. The van der Waals surface area contributed by atoms with Crippen LogP contribution >= 0.6 is 0 Å². The number of aromatic carboxylic acids is 1. The summed E-state index contributed by atoms with van der Waals surface area (Å²) in [6, 6.07) is 0. The standard InChI is InChI=1S/C12H20N2O6S/c1-7-10(12(16)17)13-8(2)11(7)21(18,19)14(3)5-9(15)6-20-4/h9,13,15H,5-6H2,1-4H3,(H,16,17). The van der Waals surface area contributed by atoms with E-state index in [2.05, 4.69) is 4.98 Å². The van der Waals surface area contributed by atoms with Gasteiger partial charge >= 0.3 is 5.97 Å². The highest BCUT2D eigenvalue weighted by molar-refractivity contribution is 7.89. The van der Waals surface area contributed by atoms with Gasteiger partial charge in [-0.3, -0.25) is 0 Å². The van der Waals surface area contributed by atoms with Crippen LogP contribution in [0.1, 0.15) is 21.7 Å². The number of hydrogen-bond acceptors (Lipinski definition) is 5. The molecule has 0 radical (unpaired) electrons. The highest BCUT2D eigenvalue weighted by Gasteiger charge is 2.30. The molecule has 1 aromatic heterocycles. The van der Waals surface area contributed by atoms with Gasteiger partial charge in [0.25, 0.3) is 0 Å². The first-order valence-electron chi connectivity index (χ1n) is 6.18. The fraction of sp³-hybridized carbons (Fsp3) is 0.583. The average molecular weight is 320 g/mol. The number of H-pyrrole nitrogens is 1. The third kappa shape index (κ3) is 3.62. The van der Waals surface area contributed by atoms with E-state index in [4.69, 9.17) is 9.84 Å². The molecule has 0 amide bonds. The molecule has 9 heteroatoms. The number of rotatable bonds is 7. The minimum atomic E-state index is -3.90. The Morgan fingerprint density at radius 3 is 2.43 bits per heavy atom. The molecule has 0 saturated carbocycles. The molecule has 1 aromatic rings. The van der Waals surface area contributed by atoms with Crippen LogP contribution in [0.25, 0.3) is 0 Å². The Morgan fingerprint density at radius 2 is 2.00 bits per heavy atom. The van der Waals surface area contributed by atoms with Crippen LogP contribution in [0.5, 0.6) is 0 Å². The summed E-state index contributed by atoms with van der Waals surface area (Å²) >= 11 is 0. The lowest BCUT2D eigenvalue weighted by Crippen LogP contribution is -2.36. The molecule has 1 heterocycles. The Labute approximate surface area is 123 Å². The van der Waals surface area contributed by atoms with Gasteiger partial charge in [-0.15, -0.1) is 0 Å². The Bertz CT molecular complexity index is 622. The van der Waals surface area contributed by atoms with Crippen molar-refractivity contribution in [1.29, 1.82) is 0 Å². The maximum atomic E-state index is 12.5. The zero-order valence-corrected chi connectivity index (χ0v) is 13.2. The minimum absolute atomic E-state index is 0.00529. The van der Waals surface area contributed by atoms with Crippen LogP contribution in [0.2, 0.25) is 0 Å².